The molecule has 0 amide bonds. The van der Waals surface area contributed by atoms with Gasteiger partial charge in [0.2, 0.25) is 0 Å². The third-order valence-electron chi connectivity index (χ3n) is 5.78. The van der Waals surface area contributed by atoms with Crippen LogP contribution in [0.5, 0.6) is 5.75 Å². The van der Waals surface area contributed by atoms with Crippen LogP contribution in [-0.2, 0) is 0 Å². The lowest BCUT2D eigenvalue weighted by Crippen LogP contribution is -2.27. The van der Waals surface area contributed by atoms with Crippen LogP contribution in [0.2, 0.25) is 0 Å². The smallest absolute Gasteiger partial charge is 0.166 e. The van der Waals surface area contributed by atoms with Gasteiger partial charge in [0.1, 0.15) is 11.6 Å². The number of phenols is 1. The van der Waals surface area contributed by atoms with Crippen molar-refractivity contribution in [1.82, 2.24) is 9.88 Å². The second-order valence-electron chi connectivity index (χ2n) is 7.88. The van der Waals surface area contributed by atoms with Crippen molar-refractivity contribution in [2.45, 2.75) is 25.3 Å². The second-order valence-corrected chi connectivity index (χ2v) is 8.80. The predicted octanol–water partition coefficient (Wildman–Crippen LogP) is 6.06. The molecule has 1 fully saturated rings. The fraction of sp³-hybridized carbons (Fsp3) is 0.292. The third kappa shape index (κ3) is 4.88. The summed E-state index contributed by atoms with van der Waals surface area (Å²) in [6.45, 7) is 1.82. The molecular formula is C24H24BrF2N3O. The quantitative estimate of drug-likeness (QED) is 0.443. The molecule has 4 nitrogen and oxygen atoms in total. The van der Waals surface area contributed by atoms with Crippen molar-refractivity contribution in [3.05, 3.63) is 64.6 Å². The molecule has 0 spiro atoms. The van der Waals surface area contributed by atoms with E-state index >= 15 is 0 Å². The molecule has 0 aliphatic carbocycles. The van der Waals surface area contributed by atoms with E-state index in [9.17, 15) is 13.9 Å². The minimum Gasteiger partial charge on any atom is -0.507 e. The number of phenolic OH excluding ortho intramolecular Hbond substituents is 1. The van der Waals surface area contributed by atoms with Gasteiger partial charge in [-0.3, -0.25) is 0 Å². The summed E-state index contributed by atoms with van der Waals surface area (Å²) in [5.41, 5.74) is 1.62. The van der Waals surface area contributed by atoms with Gasteiger partial charge in [0.05, 0.1) is 5.69 Å². The Labute approximate surface area is 189 Å². The number of benzene rings is 2. The highest BCUT2D eigenvalue weighted by Crippen LogP contribution is 2.35. The SMILES string of the molecule is CN1CCCC1CCNc1cc(-c2cccc(F)c2F)cc(-c2cc(Br)ccc2O)n1. The molecule has 2 aromatic carbocycles. The number of likely N-dealkylation sites (tertiary alicyclic amines) is 1. The van der Waals surface area contributed by atoms with E-state index in [1.807, 2.05) is 0 Å². The number of nitrogens with one attached hydrogen (secondary N) is 1. The minimum atomic E-state index is -0.906. The van der Waals surface area contributed by atoms with Gasteiger partial charge in [-0.05, 0) is 74.8 Å². The zero-order valence-corrected chi connectivity index (χ0v) is 18.8. The first kappa shape index (κ1) is 21.7. The maximum atomic E-state index is 14.5. The third-order valence-corrected chi connectivity index (χ3v) is 6.27. The molecule has 4 rings (SSSR count). The number of hydrogen-bond acceptors (Lipinski definition) is 4. The summed E-state index contributed by atoms with van der Waals surface area (Å²) in [7, 11) is 2.14. The molecule has 2 N–H and O–H groups in total. The summed E-state index contributed by atoms with van der Waals surface area (Å²) in [5, 5.41) is 13.7. The van der Waals surface area contributed by atoms with Gasteiger partial charge >= 0.3 is 0 Å². The van der Waals surface area contributed by atoms with Crippen LogP contribution in [0.4, 0.5) is 14.6 Å². The van der Waals surface area contributed by atoms with E-state index in [4.69, 9.17) is 0 Å². The van der Waals surface area contributed by atoms with Crippen molar-refractivity contribution in [2.24, 2.45) is 0 Å². The van der Waals surface area contributed by atoms with E-state index in [2.05, 4.69) is 38.2 Å². The van der Waals surface area contributed by atoms with Crippen molar-refractivity contribution < 1.29 is 13.9 Å². The maximum absolute atomic E-state index is 14.5. The summed E-state index contributed by atoms with van der Waals surface area (Å²) in [4.78, 5) is 7.00. The van der Waals surface area contributed by atoms with E-state index in [0.717, 1.165) is 23.5 Å². The largest absolute Gasteiger partial charge is 0.507 e. The molecule has 31 heavy (non-hydrogen) atoms. The molecule has 1 atom stereocenters. The van der Waals surface area contributed by atoms with Gasteiger partial charge in [0.15, 0.2) is 11.6 Å². The fourth-order valence-corrected chi connectivity index (χ4v) is 4.43. The Hall–Kier alpha value is -2.51. The molecular weight excluding hydrogens is 464 g/mol. The lowest BCUT2D eigenvalue weighted by molar-refractivity contribution is 0.301. The van der Waals surface area contributed by atoms with E-state index in [-0.39, 0.29) is 11.3 Å². The van der Waals surface area contributed by atoms with Gasteiger partial charge in [-0.25, -0.2) is 13.8 Å². The van der Waals surface area contributed by atoms with Crippen LogP contribution in [0.1, 0.15) is 19.3 Å². The summed E-state index contributed by atoms with van der Waals surface area (Å²) < 4.78 is 29.2. The van der Waals surface area contributed by atoms with Crippen LogP contribution in [0.3, 0.4) is 0 Å². The Balaban J connectivity index is 1.70. The molecule has 0 bridgehead atoms. The van der Waals surface area contributed by atoms with Gasteiger partial charge in [0, 0.05) is 28.2 Å². The molecule has 1 aromatic heterocycles. The first-order valence-corrected chi connectivity index (χ1v) is 11.1. The van der Waals surface area contributed by atoms with Gasteiger partial charge in [-0.2, -0.15) is 0 Å². The molecule has 0 radical (unpaired) electrons. The van der Waals surface area contributed by atoms with E-state index in [1.54, 1.807) is 30.3 Å². The van der Waals surface area contributed by atoms with Crippen LogP contribution in [-0.4, -0.2) is 41.2 Å². The van der Waals surface area contributed by atoms with Crippen molar-refractivity contribution in [3.8, 4) is 28.1 Å². The van der Waals surface area contributed by atoms with Crippen molar-refractivity contribution in [1.29, 1.82) is 0 Å². The van der Waals surface area contributed by atoms with Crippen LogP contribution in [0.15, 0.2) is 53.0 Å². The van der Waals surface area contributed by atoms with E-state index < -0.39 is 11.6 Å². The van der Waals surface area contributed by atoms with Gasteiger partial charge in [-0.1, -0.05) is 28.1 Å². The number of rotatable bonds is 6. The van der Waals surface area contributed by atoms with Crippen LogP contribution in [0.25, 0.3) is 22.4 Å². The molecule has 1 aliphatic rings. The number of halogens is 3. The summed E-state index contributed by atoms with van der Waals surface area (Å²) in [6.07, 6.45) is 3.35. The van der Waals surface area contributed by atoms with Gasteiger partial charge < -0.3 is 15.3 Å². The highest BCUT2D eigenvalue weighted by Gasteiger charge is 2.20. The molecule has 1 saturated heterocycles. The van der Waals surface area contributed by atoms with E-state index in [0.29, 0.717) is 35.2 Å². The molecule has 2 heterocycles. The Bertz CT molecular complexity index is 1070. The summed E-state index contributed by atoms with van der Waals surface area (Å²) in [5.74, 6) is -1.20. The number of hydrogen-bond donors (Lipinski definition) is 2. The standard InChI is InChI=1S/C24H24BrF2N3O/c1-30-11-3-4-17(30)9-10-28-23-13-15(18-5-2-6-20(26)24(18)27)12-21(29-23)19-14-16(25)7-8-22(19)31/h2,5-8,12-14,17,31H,3-4,9-11H2,1H3,(H,28,29). The van der Waals surface area contributed by atoms with E-state index in [1.165, 1.54) is 25.0 Å². The number of aromatic hydroxyl groups is 1. The van der Waals surface area contributed by atoms with Crippen LogP contribution in [0, 0.1) is 11.6 Å². The predicted molar refractivity (Wildman–Crippen MR) is 123 cm³/mol. The minimum absolute atomic E-state index is 0.0612. The Kier molecular flexibility index (Phi) is 6.53. The van der Waals surface area contributed by atoms with Crippen molar-refractivity contribution in [2.75, 3.05) is 25.5 Å². The zero-order valence-electron chi connectivity index (χ0n) is 17.2. The summed E-state index contributed by atoms with van der Waals surface area (Å²) in [6, 6.07) is 13.1. The summed E-state index contributed by atoms with van der Waals surface area (Å²) >= 11 is 3.41. The number of nitrogens with zero attached hydrogens (tertiary/aromatic N) is 2. The number of aromatic nitrogens is 1. The number of pyridine rings is 1. The Morgan fingerprint density at radius 3 is 2.77 bits per heavy atom. The first-order valence-electron chi connectivity index (χ1n) is 10.3. The number of anilines is 1. The monoisotopic (exact) mass is 487 g/mol. The van der Waals surface area contributed by atoms with Crippen LogP contribution < -0.4 is 5.32 Å². The molecule has 162 valence electrons. The van der Waals surface area contributed by atoms with Crippen molar-refractivity contribution in [3.63, 3.8) is 0 Å². The van der Waals surface area contributed by atoms with Gasteiger partial charge in [0.25, 0.3) is 0 Å². The topological polar surface area (TPSA) is 48.4 Å². The Morgan fingerprint density at radius 2 is 2.00 bits per heavy atom. The second kappa shape index (κ2) is 9.32. The highest BCUT2D eigenvalue weighted by atomic mass is 79.9. The normalized spacial score (nSPS) is 16.6. The lowest BCUT2D eigenvalue weighted by Gasteiger charge is -2.20. The maximum Gasteiger partial charge on any atom is 0.166 e. The fourth-order valence-electron chi connectivity index (χ4n) is 4.07. The van der Waals surface area contributed by atoms with Crippen molar-refractivity contribution >= 4 is 21.7 Å². The van der Waals surface area contributed by atoms with Crippen LogP contribution >= 0.6 is 15.9 Å². The molecule has 0 saturated carbocycles. The molecule has 1 aliphatic heterocycles. The molecule has 1 unspecified atom stereocenters. The molecule has 7 heteroatoms. The zero-order chi connectivity index (χ0) is 22.0. The highest BCUT2D eigenvalue weighted by molar-refractivity contribution is 9.10. The first-order chi connectivity index (χ1) is 14.9. The molecule has 3 aromatic rings. The average molecular weight is 488 g/mol. The average Bonchev–Trinajstić information content (AvgIpc) is 3.16. The van der Waals surface area contributed by atoms with Gasteiger partial charge in [-0.15, -0.1) is 0 Å². The lowest BCUT2D eigenvalue weighted by atomic mass is 10.0. The Morgan fingerprint density at radius 1 is 1.16 bits per heavy atom.